The predicted octanol–water partition coefficient (Wildman–Crippen LogP) is 5.01. The van der Waals surface area contributed by atoms with Crippen molar-refractivity contribution in [1.82, 2.24) is 15.3 Å². The van der Waals surface area contributed by atoms with Crippen LogP contribution in [0.3, 0.4) is 0 Å². The van der Waals surface area contributed by atoms with Crippen LogP contribution in [0, 0.1) is 17.7 Å². The monoisotopic (exact) mass is 417 g/mol. The molecule has 1 aromatic heterocycles. The summed E-state index contributed by atoms with van der Waals surface area (Å²) in [5.74, 6) is 2.95. The van der Waals surface area contributed by atoms with Gasteiger partial charge < -0.3 is 15.5 Å². The molecule has 0 atom stereocenters. The number of anilines is 3. The van der Waals surface area contributed by atoms with Crippen molar-refractivity contribution < 1.29 is 4.39 Å². The van der Waals surface area contributed by atoms with Crippen molar-refractivity contribution in [2.45, 2.75) is 38.5 Å². The van der Waals surface area contributed by atoms with Gasteiger partial charge in [-0.1, -0.05) is 24.4 Å². The van der Waals surface area contributed by atoms with E-state index >= 15 is 0 Å². The van der Waals surface area contributed by atoms with Gasteiger partial charge in [0.25, 0.3) is 0 Å². The Morgan fingerprint density at radius 2 is 1.76 bits per heavy atom. The Balaban J connectivity index is 1.29. The first-order valence-corrected chi connectivity index (χ1v) is 11.0. The Labute approximate surface area is 177 Å². The summed E-state index contributed by atoms with van der Waals surface area (Å²) in [7, 11) is 0. The average molecular weight is 418 g/mol. The number of nitrogens with zero attached hydrogens (tertiary/aromatic N) is 3. The van der Waals surface area contributed by atoms with E-state index < -0.39 is 5.82 Å². The van der Waals surface area contributed by atoms with Crippen molar-refractivity contribution in [2.24, 2.45) is 11.8 Å². The Hall–Kier alpha value is -1.92. The van der Waals surface area contributed by atoms with Crippen molar-refractivity contribution in [2.75, 3.05) is 36.4 Å². The van der Waals surface area contributed by atoms with Gasteiger partial charge >= 0.3 is 0 Å². The minimum Gasteiger partial charge on any atom is -0.356 e. The molecule has 2 fully saturated rings. The molecule has 0 spiro atoms. The first-order valence-electron chi connectivity index (χ1n) is 10.7. The molecule has 4 rings (SSSR count). The molecule has 1 aromatic carbocycles. The van der Waals surface area contributed by atoms with Crippen molar-refractivity contribution in [3.8, 4) is 0 Å². The molecule has 0 aliphatic carbocycles. The lowest BCUT2D eigenvalue weighted by atomic mass is 9.85. The van der Waals surface area contributed by atoms with Crippen molar-refractivity contribution in [3.05, 3.63) is 41.4 Å². The van der Waals surface area contributed by atoms with E-state index in [1.807, 2.05) is 6.07 Å². The molecule has 0 saturated carbocycles. The van der Waals surface area contributed by atoms with Crippen LogP contribution in [-0.2, 0) is 0 Å². The Morgan fingerprint density at radius 3 is 2.48 bits per heavy atom. The van der Waals surface area contributed by atoms with Gasteiger partial charge in [0.15, 0.2) is 0 Å². The third-order valence-corrected chi connectivity index (χ3v) is 6.51. The maximum Gasteiger partial charge on any atom is 0.141 e. The van der Waals surface area contributed by atoms with Crippen LogP contribution in [0.2, 0.25) is 5.02 Å². The van der Waals surface area contributed by atoms with Gasteiger partial charge in [-0.15, -0.1) is 0 Å². The Bertz CT molecular complexity index is 804. The lowest BCUT2D eigenvalue weighted by Crippen LogP contribution is -2.34. The van der Waals surface area contributed by atoms with Gasteiger partial charge in [0.05, 0.1) is 5.02 Å². The molecule has 2 aliphatic heterocycles. The van der Waals surface area contributed by atoms with E-state index in [2.05, 4.69) is 25.5 Å². The van der Waals surface area contributed by atoms with Gasteiger partial charge in [-0.25, -0.2) is 14.4 Å². The number of halogens is 2. The lowest BCUT2D eigenvalue weighted by molar-refractivity contribution is 0.295. The third-order valence-electron chi connectivity index (χ3n) is 6.23. The summed E-state index contributed by atoms with van der Waals surface area (Å²) in [6.45, 7) is 4.46. The van der Waals surface area contributed by atoms with Crippen LogP contribution < -0.4 is 15.5 Å². The highest BCUT2D eigenvalue weighted by atomic mass is 35.5. The van der Waals surface area contributed by atoms with Crippen molar-refractivity contribution in [1.29, 1.82) is 0 Å². The number of hydrogen-bond acceptors (Lipinski definition) is 5. The van der Waals surface area contributed by atoms with Crippen LogP contribution in [0.15, 0.2) is 30.6 Å². The molecule has 7 heteroatoms. The zero-order valence-electron chi connectivity index (χ0n) is 16.7. The predicted molar refractivity (Wildman–Crippen MR) is 116 cm³/mol. The zero-order chi connectivity index (χ0) is 20.1. The Kier molecular flexibility index (Phi) is 6.82. The molecule has 29 heavy (non-hydrogen) atoms. The quantitative estimate of drug-likeness (QED) is 0.692. The fraction of sp³-hybridized carbons (Fsp3) is 0.545. The molecular weight excluding hydrogens is 389 g/mol. The van der Waals surface area contributed by atoms with Crippen LogP contribution in [0.4, 0.5) is 21.7 Å². The standard InChI is InChI=1S/C22H29ClFN5/c23-19-13-18(3-4-20(19)24)28-21-14-22(27-15-26-21)29-11-7-17(8-12-29)2-1-16-5-9-25-10-6-16/h3-4,13-17,25H,1-2,5-12H2,(H,26,27,28). The summed E-state index contributed by atoms with van der Waals surface area (Å²) in [6, 6.07) is 6.51. The third kappa shape index (κ3) is 5.58. The maximum atomic E-state index is 13.3. The summed E-state index contributed by atoms with van der Waals surface area (Å²) < 4.78 is 13.3. The van der Waals surface area contributed by atoms with Crippen LogP contribution >= 0.6 is 11.6 Å². The number of benzene rings is 1. The van der Waals surface area contributed by atoms with Crippen LogP contribution in [-0.4, -0.2) is 36.1 Å². The van der Waals surface area contributed by atoms with E-state index in [0.717, 1.165) is 30.7 Å². The van der Waals surface area contributed by atoms with Gasteiger partial charge in [0.2, 0.25) is 0 Å². The topological polar surface area (TPSA) is 53.1 Å². The molecule has 2 N–H and O–H groups in total. The second-order valence-electron chi connectivity index (χ2n) is 8.22. The molecule has 2 aromatic rings. The van der Waals surface area contributed by atoms with Crippen molar-refractivity contribution >= 4 is 28.9 Å². The normalized spacial score (nSPS) is 18.8. The van der Waals surface area contributed by atoms with E-state index in [-0.39, 0.29) is 5.02 Å². The highest BCUT2D eigenvalue weighted by Crippen LogP contribution is 2.29. The highest BCUT2D eigenvalue weighted by Gasteiger charge is 2.22. The highest BCUT2D eigenvalue weighted by molar-refractivity contribution is 6.31. The second-order valence-corrected chi connectivity index (χ2v) is 8.62. The van der Waals surface area contributed by atoms with Gasteiger partial charge in [0.1, 0.15) is 23.8 Å². The fourth-order valence-corrected chi connectivity index (χ4v) is 4.58. The number of nitrogens with one attached hydrogen (secondary N) is 2. The number of hydrogen-bond donors (Lipinski definition) is 2. The second kappa shape index (κ2) is 9.72. The van der Waals surface area contributed by atoms with Gasteiger partial charge in [0, 0.05) is 24.8 Å². The van der Waals surface area contributed by atoms with Crippen LogP contribution in [0.25, 0.3) is 0 Å². The summed E-state index contributed by atoms with van der Waals surface area (Å²) >= 11 is 5.86. The maximum absolute atomic E-state index is 13.3. The Morgan fingerprint density at radius 1 is 1.03 bits per heavy atom. The van der Waals surface area contributed by atoms with E-state index in [0.29, 0.717) is 11.5 Å². The SMILES string of the molecule is Fc1ccc(Nc2cc(N3CCC(CCC4CCNCC4)CC3)ncn2)cc1Cl. The first kappa shape index (κ1) is 20.4. The molecule has 0 radical (unpaired) electrons. The summed E-state index contributed by atoms with van der Waals surface area (Å²) in [5, 5.41) is 6.73. The van der Waals surface area contributed by atoms with E-state index in [4.69, 9.17) is 11.6 Å². The lowest BCUT2D eigenvalue weighted by Gasteiger charge is -2.33. The van der Waals surface area contributed by atoms with Crippen LogP contribution in [0.1, 0.15) is 38.5 Å². The zero-order valence-corrected chi connectivity index (χ0v) is 17.5. The number of aromatic nitrogens is 2. The molecule has 0 unspecified atom stereocenters. The summed E-state index contributed by atoms with van der Waals surface area (Å²) in [6.07, 6.45) is 9.46. The molecular formula is C22H29ClFN5. The summed E-state index contributed by atoms with van der Waals surface area (Å²) in [5.41, 5.74) is 0.706. The minimum absolute atomic E-state index is 0.0934. The molecule has 5 nitrogen and oxygen atoms in total. The van der Waals surface area contributed by atoms with E-state index in [9.17, 15) is 4.39 Å². The molecule has 3 heterocycles. The molecule has 2 aliphatic rings. The van der Waals surface area contributed by atoms with Gasteiger partial charge in [-0.3, -0.25) is 0 Å². The minimum atomic E-state index is -0.427. The van der Waals surface area contributed by atoms with E-state index in [1.54, 1.807) is 18.5 Å². The number of piperidine rings is 2. The number of rotatable bonds is 6. The summed E-state index contributed by atoms with van der Waals surface area (Å²) in [4.78, 5) is 11.1. The smallest absolute Gasteiger partial charge is 0.141 e. The fourth-order valence-electron chi connectivity index (χ4n) is 4.40. The molecule has 156 valence electrons. The molecule has 0 amide bonds. The van der Waals surface area contributed by atoms with Gasteiger partial charge in [-0.2, -0.15) is 0 Å². The average Bonchev–Trinajstić information content (AvgIpc) is 2.76. The van der Waals surface area contributed by atoms with Crippen LogP contribution in [0.5, 0.6) is 0 Å². The van der Waals surface area contributed by atoms with Gasteiger partial charge in [-0.05, 0) is 68.8 Å². The van der Waals surface area contributed by atoms with Crippen molar-refractivity contribution in [3.63, 3.8) is 0 Å². The van der Waals surface area contributed by atoms with E-state index in [1.165, 1.54) is 57.7 Å². The molecule has 2 saturated heterocycles. The molecule has 0 bridgehead atoms. The largest absolute Gasteiger partial charge is 0.356 e. The first-order chi connectivity index (χ1) is 14.2.